The fraction of sp³-hybridized carbons (Fsp3) is 0.222. The van der Waals surface area contributed by atoms with E-state index in [1.54, 1.807) is 24.7 Å². The van der Waals surface area contributed by atoms with Crippen LogP contribution in [-0.4, -0.2) is 27.3 Å². The quantitative estimate of drug-likeness (QED) is 0.393. The largest absolute Gasteiger partial charge is 0.440 e. The number of aryl methyl sites for hydroxylation is 1. The molecule has 3 aromatic heterocycles. The van der Waals surface area contributed by atoms with E-state index in [0.717, 1.165) is 51.9 Å². The summed E-state index contributed by atoms with van der Waals surface area (Å²) in [5, 5.41) is 5.07. The molecule has 0 atom stereocenters. The zero-order chi connectivity index (χ0) is 17.1. The van der Waals surface area contributed by atoms with Crippen molar-refractivity contribution in [1.29, 1.82) is 0 Å². The smallest absolute Gasteiger partial charge is 0.238 e. The van der Waals surface area contributed by atoms with Gasteiger partial charge in [0.25, 0.3) is 0 Å². The molecule has 1 aliphatic rings. The van der Waals surface area contributed by atoms with Gasteiger partial charge in [0.1, 0.15) is 33.7 Å². The van der Waals surface area contributed by atoms with Gasteiger partial charge in [-0.3, -0.25) is 4.98 Å². The van der Waals surface area contributed by atoms with E-state index in [2.05, 4.69) is 26.7 Å². The van der Waals surface area contributed by atoms with Gasteiger partial charge in [0.05, 0.1) is 6.20 Å². The number of oxazole rings is 1. The number of oxime groups is 1. The average molecular weight is 352 g/mol. The Kier molecular flexibility index (Phi) is 4.39. The van der Waals surface area contributed by atoms with Crippen molar-refractivity contribution < 1.29 is 9.25 Å². The Balaban J connectivity index is 1.64. The second kappa shape index (κ2) is 6.98. The summed E-state index contributed by atoms with van der Waals surface area (Å²) in [5.74, 6) is 1.44. The molecule has 0 unspecified atom stereocenters. The molecular formula is C18H16N4O2S. The monoisotopic (exact) mass is 352 g/mol. The van der Waals surface area contributed by atoms with Crippen LogP contribution in [-0.2, 0) is 11.3 Å². The molecule has 0 spiro atoms. The molecule has 0 saturated heterocycles. The molecule has 0 saturated carbocycles. The van der Waals surface area contributed by atoms with Gasteiger partial charge in [-0.25, -0.2) is 9.97 Å². The number of hydrogen-bond acceptors (Lipinski definition) is 7. The molecule has 0 bridgehead atoms. The van der Waals surface area contributed by atoms with E-state index in [9.17, 15) is 0 Å². The van der Waals surface area contributed by atoms with Gasteiger partial charge in [-0.15, -0.1) is 11.3 Å². The van der Waals surface area contributed by atoms with Crippen LogP contribution >= 0.6 is 11.3 Å². The summed E-state index contributed by atoms with van der Waals surface area (Å²) in [4.78, 5) is 19.3. The maximum atomic E-state index is 5.97. The number of thiazole rings is 1. The van der Waals surface area contributed by atoms with Crippen LogP contribution in [0.4, 0.5) is 0 Å². The lowest BCUT2D eigenvalue weighted by atomic mass is 10.0. The molecule has 0 radical (unpaired) electrons. The van der Waals surface area contributed by atoms with Crippen molar-refractivity contribution in [2.45, 2.75) is 19.3 Å². The summed E-state index contributed by atoms with van der Waals surface area (Å²) in [5.41, 5.74) is 2.60. The first-order valence-corrected chi connectivity index (χ1v) is 8.83. The molecule has 0 amide bonds. The van der Waals surface area contributed by atoms with Crippen molar-refractivity contribution in [3.05, 3.63) is 54.8 Å². The Hall–Kier alpha value is -2.80. The zero-order valence-corrected chi connectivity index (χ0v) is 14.3. The van der Waals surface area contributed by atoms with Crippen LogP contribution in [0.5, 0.6) is 0 Å². The Bertz CT molecular complexity index is 914. The van der Waals surface area contributed by atoms with E-state index in [4.69, 9.17) is 9.25 Å². The van der Waals surface area contributed by atoms with Crippen molar-refractivity contribution in [3.8, 4) is 21.3 Å². The van der Waals surface area contributed by atoms with E-state index in [0.29, 0.717) is 12.5 Å². The van der Waals surface area contributed by atoms with Crippen molar-refractivity contribution >= 4 is 17.0 Å². The average Bonchev–Trinajstić information content (AvgIpc) is 3.30. The maximum Gasteiger partial charge on any atom is 0.238 e. The van der Waals surface area contributed by atoms with E-state index in [1.807, 2.05) is 12.1 Å². The van der Waals surface area contributed by atoms with E-state index in [-0.39, 0.29) is 0 Å². The van der Waals surface area contributed by atoms with Crippen LogP contribution in [0.1, 0.15) is 24.3 Å². The molecule has 4 rings (SSSR count). The fourth-order valence-electron chi connectivity index (χ4n) is 2.64. The number of rotatable bonds is 5. The normalized spacial score (nSPS) is 15.1. The van der Waals surface area contributed by atoms with Crippen molar-refractivity contribution in [1.82, 2.24) is 15.0 Å². The predicted molar refractivity (Wildman–Crippen MR) is 96.5 cm³/mol. The molecule has 6 nitrogen and oxygen atoms in total. The molecular weight excluding hydrogens is 336 g/mol. The highest BCUT2D eigenvalue weighted by molar-refractivity contribution is 7.18. The first kappa shape index (κ1) is 15.7. The number of aromatic nitrogens is 3. The number of pyridine rings is 1. The highest BCUT2D eigenvalue weighted by Crippen LogP contribution is 2.34. The minimum atomic E-state index is 0.382. The molecule has 0 aromatic carbocycles. The van der Waals surface area contributed by atoms with E-state index in [1.165, 1.54) is 11.3 Å². The lowest BCUT2D eigenvalue weighted by Crippen LogP contribution is -2.11. The number of hydrogen-bond donors (Lipinski definition) is 0. The van der Waals surface area contributed by atoms with Crippen LogP contribution in [0.15, 0.2) is 53.0 Å². The van der Waals surface area contributed by atoms with Gasteiger partial charge in [0, 0.05) is 24.4 Å². The Morgan fingerprint density at radius 2 is 2.32 bits per heavy atom. The Labute approximate surface area is 148 Å². The molecule has 126 valence electrons. The molecule has 0 fully saturated rings. The van der Waals surface area contributed by atoms with Gasteiger partial charge in [-0.05, 0) is 25.0 Å². The van der Waals surface area contributed by atoms with Gasteiger partial charge in [-0.2, -0.15) is 0 Å². The second-order valence-electron chi connectivity index (χ2n) is 5.54. The molecule has 3 aromatic rings. The minimum Gasteiger partial charge on any atom is -0.440 e. The summed E-state index contributed by atoms with van der Waals surface area (Å²) < 4.78 is 5.97. The van der Waals surface area contributed by atoms with Crippen LogP contribution in [0.2, 0.25) is 0 Å². The van der Waals surface area contributed by atoms with Crippen molar-refractivity contribution in [2.24, 2.45) is 5.16 Å². The highest BCUT2D eigenvalue weighted by Gasteiger charge is 2.24. The standard InChI is InChI=1S/C18H16N4O2S/c1-2-9-23-22-13-6-3-7-14-16(13)21-17(24-14)15-11-20-18(25-15)12-5-4-8-19-10-12/h2,4-5,8,10-11H,1,3,6-7,9H2/b22-13+. The highest BCUT2D eigenvalue weighted by atomic mass is 32.1. The summed E-state index contributed by atoms with van der Waals surface area (Å²) >= 11 is 1.53. The molecule has 25 heavy (non-hydrogen) atoms. The topological polar surface area (TPSA) is 73.4 Å². The lowest BCUT2D eigenvalue weighted by Gasteiger charge is -2.09. The molecule has 0 N–H and O–H groups in total. The number of fused-ring (bicyclic) bond motifs is 1. The van der Waals surface area contributed by atoms with Crippen LogP contribution < -0.4 is 0 Å². The molecule has 1 aliphatic carbocycles. The third-order valence-electron chi connectivity index (χ3n) is 3.78. The summed E-state index contributed by atoms with van der Waals surface area (Å²) in [6.07, 6.45) is 9.66. The SMILES string of the molecule is C=CCO/N=C1\CCCc2oc(-c3cnc(-c4cccnc4)s3)nc21. The van der Waals surface area contributed by atoms with Gasteiger partial charge >= 0.3 is 0 Å². The third kappa shape index (κ3) is 3.23. The first-order valence-electron chi connectivity index (χ1n) is 8.01. The molecule has 7 heteroatoms. The summed E-state index contributed by atoms with van der Waals surface area (Å²) in [6.45, 7) is 4.00. The second-order valence-corrected chi connectivity index (χ2v) is 6.57. The van der Waals surface area contributed by atoms with Crippen LogP contribution in [0, 0.1) is 0 Å². The fourth-order valence-corrected chi connectivity index (χ4v) is 3.47. The van der Waals surface area contributed by atoms with Crippen LogP contribution in [0.25, 0.3) is 21.3 Å². The van der Waals surface area contributed by atoms with Gasteiger partial charge in [0.2, 0.25) is 5.89 Å². The summed E-state index contributed by atoms with van der Waals surface area (Å²) in [6, 6.07) is 3.88. The lowest BCUT2D eigenvalue weighted by molar-refractivity contribution is 0.174. The van der Waals surface area contributed by atoms with Gasteiger partial charge in [0.15, 0.2) is 0 Å². The minimum absolute atomic E-state index is 0.382. The van der Waals surface area contributed by atoms with Crippen molar-refractivity contribution in [2.75, 3.05) is 6.61 Å². The Morgan fingerprint density at radius 3 is 3.16 bits per heavy atom. The molecule has 3 heterocycles. The third-order valence-corrected chi connectivity index (χ3v) is 4.81. The van der Waals surface area contributed by atoms with E-state index < -0.39 is 0 Å². The Morgan fingerprint density at radius 1 is 1.36 bits per heavy atom. The van der Waals surface area contributed by atoms with Crippen LogP contribution in [0.3, 0.4) is 0 Å². The zero-order valence-electron chi connectivity index (χ0n) is 13.5. The first-order chi connectivity index (χ1) is 12.3. The predicted octanol–water partition coefficient (Wildman–Crippen LogP) is 4.10. The van der Waals surface area contributed by atoms with Gasteiger partial charge < -0.3 is 9.25 Å². The van der Waals surface area contributed by atoms with Gasteiger partial charge in [-0.1, -0.05) is 17.8 Å². The summed E-state index contributed by atoms with van der Waals surface area (Å²) in [7, 11) is 0. The number of nitrogens with zero attached hydrogens (tertiary/aromatic N) is 4. The van der Waals surface area contributed by atoms with Crippen molar-refractivity contribution in [3.63, 3.8) is 0 Å². The van der Waals surface area contributed by atoms with E-state index >= 15 is 0 Å². The maximum absolute atomic E-state index is 5.97. The molecule has 0 aliphatic heterocycles.